The first kappa shape index (κ1) is 10.7. The first-order valence-electron chi connectivity index (χ1n) is 4.09. The lowest BCUT2D eigenvalue weighted by atomic mass is 10.1. The zero-order valence-electron chi connectivity index (χ0n) is 7.94. The predicted molar refractivity (Wildman–Crippen MR) is 49.5 cm³/mol. The molecular weight excluding hydrogens is 186 g/mol. The van der Waals surface area contributed by atoms with E-state index >= 15 is 0 Å². The van der Waals surface area contributed by atoms with Crippen molar-refractivity contribution >= 4 is 0 Å². The van der Waals surface area contributed by atoms with E-state index < -0.39 is 17.2 Å². The van der Waals surface area contributed by atoms with Crippen LogP contribution in [0.1, 0.15) is 19.4 Å². The molecule has 1 nitrogen and oxygen atoms in total. The highest BCUT2D eigenvalue weighted by molar-refractivity contribution is 5.37. The Morgan fingerprint density at radius 2 is 1.93 bits per heavy atom. The third kappa shape index (κ3) is 3.15. The molecule has 1 N–H and O–H groups in total. The summed E-state index contributed by atoms with van der Waals surface area (Å²) in [5.74, 6) is 3.64. The van der Waals surface area contributed by atoms with Gasteiger partial charge in [0.25, 0.3) is 0 Å². The maximum Gasteiger partial charge on any atom is 0.139 e. The van der Waals surface area contributed by atoms with Crippen molar-refractivity contribution < 1.29 is 13.9 Å². The van der Waals surface area contributed by atoms with Crippen LogP contribution in [0.3, 0.4) is 0 Å². The lowest BCUT2D eigenvalue weighted by molar-refractivity contribution is 0.143. The van der Waals surface area contributed by atoms with Crippen LogP contribution in [0.25, 0.3) is 0 Å². The summed E-state index contributed by atoms with van der Waals surface area (Å²) in [4.78, 5) is 0. The summed E-state index contributed by atoms with van der Waals surface area (Å²) in [6.07, 6.45) is 0. The Balaban J connectivity index is 3.06. The van der Waals surface area contributed by atoms with E-state index in [1.165, 1.54) is 13.8 Å². The maximum atomic E-state index is 13.0. The van der Waals surface area contributed by atoms with Crippen LogP contribution in [-0.4, -0.2) is 10.7 Å². The summed E-state index contributed by atoms with van der Waals surface area (Å²) < 4.78 is 25.7. The van der Waals surface area contributed by atoms with Crippen molar-refractivity contribution in [2.24, 2.45) is 0 Å². The summed E-state index contributed by atoms with van der Waals surface area (Å²) in [6.45, 7) is 2.94. The van der Waals surface area contributed by atoms with Gasteiger partial charge in [-0.3, -0.25) is 0 Å². The molecule has 0 atom stereocenters. The minimum absolute atomic E-state index is 0.0490. The fraction of sp³-hybridized carbons (Fsp3) is 0.273. The van der Waals surface area contributed by atoms with Gasteiger partial charge in [-0.15, -0.1) is 0 Å². The predicted octanol–water partition coefficient (Wildman–Crippen LogP) is 2.09. The van der Waals surface area contributed by atoms with Gasteiger partial charge in [-0.05, 0) is 32.0 Å². The average molecular weight is 196 g/mol. The van der Waals surface area contributed by atoms with Crippen LogP contribution in [0, 0.1) is 23.5 Å². The molecule has 0 heterocycles. The molecule has 0 radical (unpaired) electrons. The Morgan fingerprint density at radius 3 is 2.50 bits per heavy atom. The summed E-state index contributed by atoms with van der Waals surface area (Å²) >= 11 is 0. The normalized spacial score (nSPS) is 10.6. The largest absolute Gasteiger partial charge is 0.378 e. The van der Waals surface area contributed by atoms with Gasteiger partial charge in [0.15, 0.2) is 0 Å². The van der Waals surface area contributed by atoms with Crippen LogP contribution in [0.2, 0.25) is 0 Å². The Bertz CT molecular complexity index is 394. The van der Waals surface area contributed by atoms with E-state index in [1.54, 1.807) is 0 Å². The van der Waals surface area contributed by atoms with E-state index in [9.17, 15) is 13.9 Å². The van der Waals surface area contributed by atoms with Crippen LogP contribution in [-0.2, 0) is 0 Å². The van der Waals surface area contributed by atoms with Crippen molar-refractivity contribution in [1.29, 1.82) is 0 Å². The van der Waals surface area contributed by atoms with Crippen molar-refractivity contribution in [3.8, 4) is 11.8 Å². The standard InChI is InChI=1S/C11H10F2O/c1-11(2,14)6-5-8-7-9(12)3-4-10(8)13/h3-4,7,14H,1-2H3. The Morgan fingerprint density at radius 1 is 1.29 bits per heavy atom. The van der Waals surface area contributed by atoms with Crippen molar-refractivity contribution in [2.75, 3.05) is 0 Å². The molecule has 74 valence electrons. The minimum Gasteiger partial charge on any atom is -0.378 e. The van der Waals surface area contributed by atoms with Crippen molar-refractivity contribution in [1.82, 2.24) is 0 Å². The van der Waals surface area contributed by atoms with Crippen molar-refractivity contribution in [2.45, 2.75) is 19.4 Å². The number of rotatable bonds is 0. The summed E-state index contributed by atoms with van der Waals surface area (Å²) in [7, 11) is 0. The highest BCUT2D eigenvalue weighted by atomic mass is 19.1. The maximum absolute atomic E-state index is 13.0. The van der Waals surface area contributed by atoms with Gasteiger partial charge in [-0.25, -0.2) is 8.78 Å². The van der Waals surface area contributed by atoms with Gasteiger partial charge in [0.2, 0.25) is 0 Å². The van der Waals surface area contributed by atoms with Gasteiger partial charge in [-0.1, -0.05) is 11.8 Å². The van der Waals surface area contributed by atoms with Crippen LogP contribution in [0.5, 0.6) is 0 Å². The van der Waals surface area contributed by atoms with E-state index in [2.05, 4.69) is 11.8 Å². The Labute approximate surface area is 81.4 Å². The third-order valence-corrected chi connectivity index (χ3v) is 1.43. The monoisotopic (exact) mass is 196 g/mol. The van der Waals surface area contributed by atoms with Gasteiger partial charge in [0.1, 0.15) is 17.2 Å². The highest BCUT2D eigenvalue weighted by Gasteiger charge is 2.07. The lowest BCUT2D eigenvalue weighted by Gasteiger charge is -2.05. The van der Waals surface area contributed by atoms with E-state index in [0.29, 0.717) is 0 Å². The van der Waals surface area contributed by atoms with Gasteiger partial charge in [0.05, 0.1) is 5.56 Å². The quantitative estimate of drug-likeness (QED) is 0.630. The fourth-order valence-corrected chi connectivity index (χ4v) is 0.814. The molecule has 0 aliphatic rings. The van der Waals surface area contributed by atoms with Gasteiger partial charge in [0, 0.05) is 0 Å². The number of aliphatic hydroxyl groups is 1. The molecule has 0 saturated carbocycles. The molecular formula is C11H10F2O. The second-order valence-corrected chi connectivity index (χ2v) is 3.43. The molecule has 3 heteroatoms. The van der Waals surface area contributed by atoms with Crippen LogP contribution < -0.4 is 0 Å². The molecule has 1 rings (SSSR count). The number of halogens is 2. The topological polar surface area (TPSA) is 20.2 Å². The van der Waals surface area contributed by atoms with Gasteiger partial charge in [-0.2, -0.15) is 0 Å². The smallest absolute Gasteiger partial charge is 0.139 e. The van der Waals surface area contributed by atoms with E-state index in [-0.39, 0.29) is 5.56 Å². The molecule has 0 bridgehead atoms. The summed E-state index contributed by atoms with van der Waals surface area (Å²) in [5.41, 5.74) is -1.26. The molecule has 0 amide bonds. The fourth-order valence-electron chi connectivity index (χ4n) is 0.814. The number of hydrogen-bond donors (Lipinski definition) is 1. The minimum atomic E-state index is -1.21. The highest BCUT2D eigenvalue weighted by Crippen LogP contribution is 2.08. The molecule has 1 aromatic rings. The Hall–Kier alpha value is -1.40. The zero-order valence-corrected chi connectivity index (χ0v) is 7.94. The molecule has 0 unspecified atom stereocenters. The lowest BCUT2D eigenvalue weighted by Crippen LogP contribution is -2.14. The SMILES string of the molecule is CC(C)(O)C#Cc1cc(F)ccc1F. The van der Waals surface area contributed by atoms with Gasteiger partial charge >= 0.3 is 0 Å². The molecule has 0 aliphatic carbocycles. The first-order chi connectivity index (χ1) is 6.38. The number of benzene rings is 1. The summed E-state index contributed by atoms with van der Waals surface area (Å²) in [6, 6.07) is 3.02. The third-order valence-electron chi connectivity index (χ3n) is 1.43. The molecule has 14 heavy (non-hydrogen) atoms. The second-order valence-electron chi connectivity index (χ2n) is 3.43. The summed E-state index contributed by atoms with van der Waals surface area (Å²) in [5, 5.41) is 9.25. The molecule has 0 saturated heterocycles. The second kappa shape index (κ2) is 3.77. The molecule has 1 aromatic carbocycles. The molecule has 0 fully saturated rings. The Kier molecular flexibility index (Phi) is 2.87. The zero-order chi connectivity index (χ0) is 10.8. The average Bonchev–Trinajstić information content (AvgIpc) is 2.05. The van der Waals surface area contributed by atoms with E-state index in [4.69, 9.17) is 0 Å². The van der Waals surface area contributed by atoms with Crippen molar-refractivity contribution in [3.63, 3.8) is 0 Å². The molecule has 0 spiro atoms. The van der Waals surface area contributed by atoms with E-state index in [0.717, 1.165) is 18.2 Å². The van der Waals surface area contributed by atoms with Crippen molar-refractivity contribution in [3.05, 3.63) is 35.4 Å². The molecule has 0 aromatic heterocycles. The first-order valence-corrected chi connectivity index (χ1v) is 4.09. The van der Waals surface area contributed by atoms with Crippen LogP contribution in [0.15, 0.2) is 18.2 Å². The van der Waals surface area contributed by atoms with E-state index in [1.807, 2.05) is 0 Å². The van der Waals surface area contributed by atoms with Gasteiger partial charge < -0.3 is 5.11 Å². The molecule has 0 aliphatic heterocycles. The van der Waals surface area contributed by atoms with Crippen LogP contribution >= 0.6 is 0 Å². The van der Waals surface area contributed by atoms with Crippen LogP contribution in [0.4, 0.5) is 8.78 Å². The number of hydrogen-bond acceptors (Lipinski definition) is 1.